The number of nitrogens with two attached hydrogens (primary N) is 3. The van der Waals surface area contributed by atoms with Crippen molar-refractivity contribution in [2.45, 2.75) is 120 Å². The molecule has 16 heteroatoms. The van der Waals surface area contributed by atoms with E-state index in [4.69, 9.17) is 17.2 Å². The number of primary amides is 1. The molecule has 2 fully saturated rings. The van der Waals surface area contributed by atoms with Gasteiger partial charge in [0.2, 0.25) is 35.4 Å². The molecule has 6 amide bonds. The van der Waals surface area contributed by atoms with Crippen LogP contribution in [0.4, 0.5) is 0 Å². The molecule has 2 aromatic rings. The molecule has 2 heterocycles. The van der Waals surface area contributed by atoms with Crippen molar-refractivity contribution >= 4 is 53.2 Å². The topological polar surface area (TPSA) is 235 Å². The molecule has 0 aromatic heterocycles. The number of rotatable bonds is 18. The second-order valence-corrected chi connectivity index (χ2v) is 17.0. The SMILES string of the molecule is CSCC[C@H](NC(=O)[C@@H]1Cc2ccccc2CN1C(=O)[C@H](CCCN=C(N)N)NC(=O)[C@H](CC1CCCCC1)NC(C)=O)C(=O)N1CC[C@H](c2ccccc2)[C@H]1C(N)=O. The van der Waals surface area contributed by atoms with Crippen molar-refractivity contribution in [2.75, 3.05) is 25.1 Å². The Balaban J connectivity index is 1.41. The van der Waals surface area contributed by atoms with E-state index in [1.54, 1.807) is 0 Å². The highest BCUT2D eigenvalue weighted by atomic mass is 32.2. The summed E-state index contributed by atoms with van der Waals surface area (Å²) in [6.07, 6.45) is 9.04. The standard InChI is InChI=1S/C43H61N9O6S/c1-27(53)48-35(24-28-12-5-3-6-13-28)39(55)49-33(18-11-21-47-43(45)46)42(58)52-26-31-17-10-9-16-30(31)25-36(52)40(56)50-34(20-23-59-2)41(57)51-22-19-32(37(51)38(44)54)29-14-7-4-8-15-29/h4,7-10,14-17,28,32-37H,3,5-6,11-13,18-26H2,1-2H3,(H2,44,54)(H,48,53)(H,49,55)(H,50,56)(H4,45,46,47)/t32-,33+,34+,35+,36+,37+/m1/s1. The van der Waals surface area contributed by atoms with Crippen LogP contribution >= 0.6 is 11.8 Å². The van der Waals surface area contributed by atoms with Gasteiger partial charge in [0.05, 0.1) is 0 Å². The smallest absolute Gasteiger partial charge is 0.246 e. The van der Waals surface area contributed by atoms with Crippen molar-refractivity contribution in [1.29, 1.82) is 0 Å². The first kappa shape index (κ1) is 45.0. The zero-order valence-electron chi connectivity index (χ0n) is 34.3. The van der Waals surface area contributed by atoms with E-state index in [0.29, 0.717) is 31.6 Å². The van der Waals surface area contributed by atoms with Gasteiger partial charge in [-0.1, -0.05) is 86.7 Å². The van der Waals surface area contributed by atoms with Crippen LogP contribution in [0.5, 0.6) is 0 Å². The van der Waals surface area contributed by atoms with Crippen molar-refractivity contribution in [1.82, 2.24) is 25.8 Å². The maximum atomic E-state index is 14.8. The van der Waals surface area contributed by atoms with E-state index >= 15 is 0 Å². The van der Waals surface area contributed by atoms with Gasteiger partial charge in [0.25, 0.3) is 0 Å². The van der Waals surface area contributed by atoms with Crippen LogP contribution in [-0.2, 0) is 41.7 Å². The summed E-state index contributed by atoms with van der Waals surface area (Å²) in [5, 5.41) is 8.74. The van der Waals surface area contributed by atoms with Gasteiger partial charge in [-0.25, -0.2) is 0 Å². The zero-order chi connectivity index (χ0) is 42.5. The van der Waals surface area contributed by atoms with Crippen LogP contribution < -0.4 is 33.2 Å². The van der Waals surface area contributed by atoms with E-state index in [9.17, 15) is 28.8 Å². The second-order valence-electron chi connectivity index (χ2n) is 16.0. The molecule has 0 radical (unpaired) electrons. The van der Waals surface area contributed by atoms with E-state index in [-0.39, 0.29) is 56.1 Å². The molecule has 6 atom stereocenters. The number of likely N-dealkylation sites (tertiary alicyclic amines) is 1. The highest BCUT2D eigenvalue weighted by molar-refractivity contribution is 7.98. The fraction of sp³-hybridized carbons (Fsp3) is 0.558. The Morgan fingerprint density at radius 2 is 1.46 bits per heavy atom. The van der Waals surface area contributed by atoms with Gasteiger partial charge in [-0.3, -0.25) is 33.8 Å². The number of benzene rings is 2. The minimum absolute atomic E-state index is 0.0859. The number of thioether (sulfide) groups is 1. The van der Waals surface area contributed by atoms with Crippen LogP contribution in [0.3, 0.4) is 0 Å². The number of guanidine groups is 1. The quantitative estimate of drug-likeness (QED) is 0.0732. The fourth-order valence-corrected chi connectivity index (χ4v) is 9.33. The van der Waals surface area contributed by atoms with E-state index < -0.39 is 59.7 Å². The van der Waals surface area contributed by atoms with Gasteiger partial charge < -0.3 is 43.0 Å². The number of hydrogen-bond acceptors (Lipinski definition) is 8. The number of nitrogens with one attached hydrogen (secondary N) is 3. The van der Waals surface area contributed by atoms with E-state index in [1.807, 2.05) is 60.9 Å². The van der Waals surface area contributed by atoms with Gasteiger partial charge in [0.1, 0.15) is 30.2 Å². The van der Waals surface area contributed by atoms with Gasteiger partial charge in [-0.15, -0.1) is 0 Å². The largest absolute Gasteiger partial charge is 0.370 e. The Morgan fingerprint density at radius 3 is 2.12 bits per heavy atom. The predicted octanol–water partition coefficient (Wildman–Crippen LogP) is 2.06. The number of fused-ring (bicyclic) bond motifs is 1. The third-order valence-corrected chi connectivity index (χ3v) is 12.5. The maximum absolute atomic E-state index is 14.8. The third-order valence-electron chi connectivity index (χ3n) is 11.8. The van der Waals surface area contributed by atoms with E-state index in [2.05, 4.69) is 20.9 Å². The van der Waals surface area contributed by atoms with Crippen molar-refractivity contribution < 1.29 is 28.8 Å². The van der Waals surface area contributed by atoms with Gasteiger partial charge in [0, 0.05) is 38.9 Å². The van der Waals surface area contributed by atoms with Crippen LogP contribution in [0.15, 0.2) is 59.6 Å². The number of hydrogen-bond donors (Lipinski definition) is 6. The molecule has 15 nitrogen and oxygen atoms in total. The molecule has 2 aliphatic heterocycles. The summed E-state index contributed by atoms with van der Waals surface area (Å²) in [6.45, 7) is 1.95. The van der Waals surface area contributed by atoms with Crippen molar-refractivity contribution in [3.8, 4) is 0 Å². The normalized spacial score (nSPS) is 20.7. The lowest BCUT2D eigenvalue weighted by Crippen LogP contribution is -2.61. The summed E-state index contributed by atoms with van der Waals surface area (Å²) in [7, 11) is 0. The van der Waals surface area contributed by atoms with Crippen molar-refractivity contribution in [3.05, 3.63) is 71.3 Å². The number of amides is 6. The minimum Gasteiger partial charge on any atom is -0.370 e. The van der Waals surface area contributed by atoms with Gasteiger partial charge >= 0.3 is 0 Å². The second kappa shape index (κ2) is 21.8. The number of aliphatic imine (C=N–C) groups is 1. The van der Waals surface area contributed by atoms with Gasteiger partial charge in [-0.05, 0) is 66.7 Å². The monoisotopic (exact) mass is 831 g/mol. The molecule has 5 rings (SSSR count). The first-order chi connectivity index (χ1) is 28.4. The molecule has 1 saturated heterocycles. The molecule has 3 aliphatic rings. The first-order valence-electron chi connectivity index (χ1n) is 20.8. The number of carbonyl (C=O) groups is 6. The molecule has 1 aliphatic carbocycles. The van der Waals surface area contributed by atoms with Crippen LogP contribution in [0, 0.1) is 5.92 Å². The number of nitrogens with zero attached hydrogens (tertiary/aromatic N) is 3. The first-order valence-corrected chi connectivity index (χ1v) is 22.2. The molecule has 1 saturated carbocycles. The van der Waals surface area contributed by atoms with E-state index in [1.165, 1.54) is 28.5 Å². The average molecular weight is 832 g/mol. The number of carbonyl (C=O) groups excluding carboxylic acids is 6. The van der Waals surface area contributed by atoms with Crippen LogP contribution in [0.25, 0.3) is 0 Å². The summed E-state index contributed by atoms with van der Waals surface area (Å²) in [4.78, 5) is 90.1. The zero-order valence-corrected chi connectivity index (χ0v) is 35.1. The van der Waals surface area contributed by atoms with Crippen LogP contribution in [0.1, 0.15) is 93.7 Å². The highest BCUT2D eigenvalue weighted by Gasteiger charge is 2.45. The van der Waals surface area contributed by atoms with Crippen LogP contribution in [0.2, 0.25) is 0 Å². The lowest BCUT2D eigenvalue weighted by atomic mass is 9.84. The summed E-state index contributed by atoms with van der Waals surface area (Å²) >= 11 is 1.52. The third kappa shape index (κ3) is 12.2. The molecule has 0 bridgehead atoms. The highest BCUT2D eigenvalue weighted by Crippen LogP contribution is 2.34. The summed E-state index contributed by atoms with van der Waals surface area (Å²) in [6, 6.07) is 12.2. The molecular formula is C43H61N9O6S. The Bertz CT molecular complexity index is 1820. The molecule has 2 aromatic carbocycles. The Kier molecular flexibility index (Phi) is 16.6. The lowest BCUT2D eigenvalue weighted by molar-refractivity contribution is -0.146. The minimum atomic E-state index is -1.08. The molecule has 9 N–H and O–H groups in total. The maximum Gasteiger partial charge on any atom is 0.246 e. The van der Waals surface area contributed by atoms with Crippen LogP contribution in [-0.4, -0.2) is 107 Å². The summed E-state index contributed by atoms with van der Waals surface area (Å²) in [5.74, 6) is -2.44. The molecule has 0 spiro atoms. The summed E-state index contributed by atoms with van der Waals surface area (Å²) in [5.41, 5.74) is 19.7. The van der Waals surface area contributed by atoms with E-state index in [0.717, 1.165) is 48.8 Å². The molecule has 0 unspecified atom stereocenters. The molecular weight excluding hydrogens is 771 g/mol. The fourth-order valence-electron chi connectivity index (χ4n) is 8.86. The Morgan fingerprint density at radius 1 is 0.797 bits per heavy atom. The Hall–Kier alpha value is -5.12. The van der Waals surface area contributed by atoms with Crippen molar-refractivity contribution in [3.63, 3.8) is 0 Å². The Labute approximate surface area is 351 Å². The average Bonchev–Trinajstić information content (AvgIpc) is 3.68. The van der Waals surface area contributed by atoms with Crippen molar-refractivity contribution in [2.24, 2.45) is 28.1 Å². The van der Waals surface area contributed by atoms with Gasteiger partial charge in [0.15, 0.2) is 5.96 Å². The predicted molar refractivity (Wildman–Crippen MR) is 229 cm³/mol. The summed E-state index contributed by atoms with van der Waals surface area (Å²) < 4.78 is 0. The molecule has 320 valence electrons. The molecule has 59 heavy (non-hydrogen) atoms. The lowest BCUT2D eigenvalue weighted by Gasteiger charge is -2.39. The van der Waals surface area contributed by atoms with Gasteiger partial charge in [-0.2, -0.15) is 11.8 Å².